The van der Waals surface area contributed by atoms with Gasteiger partial charge in [0.05, 0.1) is 18.1 Å². The van der Waals surface area contributed by atoms with Crippen LogP contribution in [0.5, 0.6) is 11.5 Å². The Balaban J connectivity index is 1.24. The Hall–Kier alpha value is -4.19. The number of ether oxygens (including phenoxy) is 3. The normalized spacial score (nSPS) is 20.1. The number of morpholine rings is 1. The molecular weight excluding hydrogens is 647 g/mol. The molecule has 5 aromatic carbocycles. The van der Waals surface area contributed by atoms with Crippen molar-refractivity contribution in [2.45, 2.75) is 68.8 Å². The van der Waals surface area contributed by atoms with E-state index in [4.69, 9.17) is 14.2 Å². The van der Waals surface area contributed by atoms with Gasteiger partial charge in [0.25, 0.3) is 0 Å². The van der Waals surface area contributed by atoms with Gasteiger partial charge in [0.2, 0.25) is 0 Å². The first-order valence-corrected chi connectivity index (χ1v) is 19.6. The molecule has 0 saturated carbocycles. The van der Waals surface area contributed by atoms with Gasteiger partial charge >= 0.3 is 0 Å². The number of hydrogen-bond donors (Lipinski definition) is 0. The molecule has 51 heavy (non-hydrogen) atoms. The standard InChI is InChI=1S/C46H47NO3S/c1-30(2)28-45(29-31(3)4)49-41-26-39-40(27-42(41)51-45)44-38(37-19-14-32-10-8-9-13-36(32)43(37)39)20-21-46(50-44,33-11-6-5-7-12-33)34-15-17-35(18-16-34)47-22-24-48-25-23-47/h5-13,15-18,20-21,26-27,30-31H,14,19,22-25,28-29H2,1-4H3. The van der Waals surface area contributed by atoms with Crippen LogP contribution >= 0.6 is 11.8 Å². The van der Waals surface area contributed by atoms with Crippen molar-refractivity contribution in [3.63, 3.8) is 0 Å². The number of nitrogens with zero attached hydrogens (tertiary/aromatic N) is 1. The van der Waals surface area contributed by atoms with Gasteiger partial charge in [0.1, 0.15) is 11.5 Å². The quantitative estimate of drug-likeness (QED) is 0.169. The maximum atomic E-state index is 7.61. The van der Waals surface area contributed by atoms with Crippen molar-refractivity contribution >= 4 is 34.3 Å². The van der Waals surface area contributed by atoms with Crippen LogP contribution < -0.4 is 14.4 Å². The van der Waals surface area contributed by atoms with Crippen molar-refractivity contribution in [3.05, 3.63) is 125 Å². The minimum absolute atomic E-state index is 0.267. The molecule has 5 heteroatoms. The van der Waals surface area contributed by atoms with Crippen molar-refractivity contribution in [1.29, 1.82) is 0 Å². The summed E-state index contributed by atoms with van der Waals surface area (Å²) in [6.45, 7) is 12.6. The second kappa shape index (κ2) is 12.8. The molecule has 9 rings (SSSR count). The van der Waals surface area contributed by atoms with Crippen molar-refractivity contribution < 1.29 is 14.2 Å². The Labute approximate surface area is 306 Å². The van der Waals surface area contributed by atoms with Crippen molar-refractivity contribution in [3.8, 4) is 22.6 Å². The van der Waals surface area contributed by atoms with E-state index in [9.17, 15) is 0 Å². The minimum atomic E-state index is -0.784. The zero-order chi connectivity index (χ0) is 34.7. The summed E-state index contributed by atoms with van der Waals surface area (Å²) in [4.78, 5) is 3.36. The van der Waals surface area contributed by atoms with E-state index in [0.717, 1.165) is 80.0 Å². The number of aryl methyl sites for hydroxylation is 1. The number of thioether (sulfide) groups is 1. The number of fused-ring (bicyclic) bond motifs is 9. The zero-order valence-corrected chi connectivity index (χ0v) is 31.0. The van der Waals surface area contributed by atoms with Crippen LogP contribution in [0.1, 0.15) is 68.4 Å². The summed E-state index contributed by atoms with van der Waals surface area (Å²) in [5, 5.41) is 2.38. The van der Waals surface area contributed by atoms with Crippen LogP contribution in [0.3, 0.4) is 0 Å². The van der Waals surface area contributed by atoms with Crippen LogP contribution in [-0.4, -0.2) is 31.2 Å². The summed E-state index contributed by atoms with van der Waals surface area (Å²) in [6, 6.07) is 33.5. The van der Waals surface area contributed by atoms with Crippen molar-refractivity contribution in [2.24, 2.45) is 11.8 Å². The lowest BCUT2D eigenvalue weighted by molar-refractivity contribution is 0.122. The molecule has 1 saturated heterocycles. The topological polar surface area (TPSA) is 30.9 Å². The molecule has 1 atom stereocenters. The first-order chi connectivity index (χ1) is 24.8. The maximum Gasteiger partial charge on any atom is 0.178 e. The average Bonchev–Trinajstić information content (AvgIpc) is 3.49. The van der Waals surface area contributed by atoms with E-state index in [1.807, 2.05) is 11.8 Å². The average molecular weight is 694 g/mol. The largest absolute Gasteiger partial charge is 0.475 e. The van der Waals surface area contributed by atoms with Crippen LogP contribution in [0.4, 0.5) is 5.69 Å². The molecule has 260 valence electrons. The smallest absolute Gasteiger partial charge is 0.178 e. The Bertz CT molecular complexity index is 2120. The summed E-state index contributed by atoms with van der Waals surface area (Å²) in [6.07, 6.45) is 8.69. The van der Waals surface area contributed by atoms with Gasteiger partial charge in [-0.25, -0.2) is 0 Å². The molecule has 0 N–H and O–H groups in total. The number of hydrogen-bond acceptors (Lipinski definition) is 5. The molecular formula is C46H47NO3S. The second-order valence-corrected chi connectivity index (χ2v) is 17.0. The highest BCUT2D eigenvalue weighted by Crippen LogP contribution is 2.58. The van der Waals surface area contributed by atoms with E-state index < -0.39 is 5.60 Å². The third-order valence-electron chi connectivity index (χ3n) is 11.1. The van der Waals surface area contributed by atoms with E-state index in [1.54, 1.807) is 0 Å². The van der Waals surface area contributed by atoms with Crippen LogP contribution in [0.15, 0.2) is 102 Å². The molecule has 0 amide bonds. The van der Waals surface area contributed by atoms with Gasteiger partial charge in [-0.15, -0.1) is 0 Å². The van der Waals surface area contributed by atoms with Gasteiger partial charge in [-0.05, 0) is 95.5 Å². The summed E-state index contributed by atoms with van der Waals surface area (Å²) in [7, 11) is 0. The van der Waals surface area contributed by atoms with E-state index in [0.29, 0.717) is 11.8 Å². The molecule has 0 bridgehead atoms. The summed E-state index contributed by atoms with van der Waals surface area (Å²) in [5.74, 6) is 3.04. The predicted molar refractivity (Wildman–Crippen MR) is 211 cm³/mol. The van der Waals surface area contributed by atoms with E-state index in [2.05, 4.69) is 136 Å². The molecule has 4 nitrogen and oxygen atoms in total. The zero-order valence-electron chi connectivity index (χ0n) is 30.2. The third-order valence-corrected chi connectivity index (χ3v) is 12.4. The fraction of sp³-hybridized carbons (Fsp3) is 0.348. The summed E-state index contributed by atoms with van der Waals surface area (Å²) in [5.41, 5.74) is 9.35. The van der Waals surface area contributed by atoms with Gasteiger partial charge in [-0.3, -0.25) is 0 Å². The Kier molecular flexibility index (Phi) is 8.20. The van der Waals surface area contributed by atoms with Gasteiger partial charge in [-0.1, -0.05) is 112 Å². The van der Waals surface area contributed by atoms with E-state index in [1.165, 1.54) is 43.8 Å². The van der Waals surface area contributed by atoms with Crippen LogP contribution in [0.2, 0.25) is 0 Å². The molecule has 0 spiro atoms. The molecule has 0 radical (unpaired) electrons. The highest BCUT2D eigenvalue weighted by Gasteiger charge is 2.44. The highest BCUT2D eigenvalue weighted by atomic mass is 32.2. The molecule has 1 fully saturated rings. The predicted octanol–water partition coefficient (Wildman–Crippen LogP) is 11.1. The molecule has 3 heterocycles. The summed E-state index contributed by atoms with van der Waals surface area (Å²) >= 11 is 1.93. The minimum Gasteiger partial charge on any atom is -0.475 e. The number of rotatable bonds is 7. The van der Waals surface area contributed by atoms with Crippen LogP contribution in [-0.2, 0) is 23.2 Å². The van der Waals surface area contributed by atoms with Crippen molar-refractivity contribution in [2.75, 3.05) is 31.2 Å². The fourth-order valence-corrected chi connectivity index (χ4v) is 10.7. The Morgan fingerprint density at radius 1 is 0.745 bits per heavy atom. The second-order valence-electron chi connectivity index (χ2n) is 15.6. The summed E-state index contributed by atoms with van der Waals surface area (Å²) < 4.78 is 20.3. The lowest BCUT2D eigenvalue weighted by Gasteiger charge is -2.38. The lowest BCUT2D eigenvalue weighted by Crippen LogP contribution is -2.37. The maximum absolute atomic E-state index is 7.61. The molecule has 1 unspecified atom stereocenters. The van der Waals surface area contributed by atoms with Gasteiger partial charge in [-0.2, -0.15) is 0 Å². The fourth-order valence-electron chi connectivity index (χ4n) is 9.00. The SMILES string of the molecule is CC(C)CC1(CC(C)C)Oc2cc3c4c(c5c(c3cc2S1)OC(c1ccccc1)(c1ccc(N2CCOCC2)cc1)C=C5)CCc1ccccc1-4. The van der Waals surface area contributed by atoms with Crippen molar-refractivity contribution in [1.82, 2.24) is 0 Å². The first-order valence-electron chi connectivity index (χ1n) is 18.8. The lowest BCUT2D eigenvalue weighted by atomic mass is 9.77. The van der Waals surface area contributed by atoms with Gasteiger partial charge < -0.3 is 19.1 Å². The molecule has 5 aromatic rings. The number of benzene rings is 5. The third kappa shape index (κ3) is 5.64. The van der Waals surface area contributed by atoms with Crippen LogP contribution in [0, 0.1) is 11.8 Å². The molecule has 3 aliphatic heterocycles. The molecule has 0 aromatic heterocycles. The molecule has 4 aliphatic rings. The van der Waals surface area contributed by atoms with E-state index >= 15 is 0 Å². The Morgan fingerprint density at radius 3 is 2.20 bits per heavy atom. The first kappa shape index (κ1) is 32.7. The Morgan fingerprint density at radius 2 is 1.45 bits per heavy atom. The highest BCUT2D eigenvalue weighted by molar-refractivity contribution is 8.00. The van der Waals surface area contributed by atoms with Crippen LogP contribution in [0.25, 0.3) is 28.0 Å². The number of anilines is 1. The van der Waals surface area contributed by atoms with Gasteiger partial charge in [0.15, 0.2) is 10.5 Å². The van der Waals surface area contributed by atoms with Gasteiger partial charge in [0, 0.05) is 40.9 Å². The van der Waals surface area contributed by atoms with E-state index in [-0.39, 0.29) is 4.93 Å². The monoisotopic (exact) mass is 693 g/mol. The molecule has 1 aliphatic carbocycles.